The van der Waals surface area contributed by atoms with Crippen molar-refractivity contribution in [2.75, 3.05) is 6.61 Å². The molecule has 2 aliphatic rings. The first-order valence-electron chi connectivity index (χ1n) is 9.75. The van der Waals surface area contributed by atoms with Gasteiger partial charge in [0.15, 0.2) is 0 Å². The summed E-state index contributed by atoms with van der Waals surface area (Å²) in [5.41, 5.74) is -1.22. The molecule has 0 amide bonds. The van der Waals surface area contributed by atoms with E-state index in [-0.39, 0.29) is 18.4 Å². The summed E-state index contributed by atoms with van der Waals surface area (Å²) >= 11 is 0. The summed E-state index contributed by atoms with van der Waals surface area (Å²) in [6.45, 7) is 2.02. The van der Waals surface area contributed by atoms with E-state index >= 15 is 0 Å². The van der Waals surface area contributed by atoms with Crippen LogP contribution < -0.4 is 11.2 Å². The monoisotopic (exact) mass is 528 g/mol. The Morgan fingerprint density at radius 1 is 1.18 bits per heavy atom. The van der Waals surface area contributed by atoms with Crippen LogP contribution in [-0.4, -0.2) is 67.2 Å². The molecular weight excluding hydrogens is 506 g/mol. The molecular formula is C16H22N2O14P2. The largest absolute Gasteiger partial charge is 0.483 e. The second-order valence-corrected chi connectivity index (χ2v) is 10.6. The predicted molar refractivity (Wildman–Crippen MR) is 107 cm³/mol. The molecule has 1 aromatic rings. The maximum absolute atomic E-state index is 12.1. The number of phosphoric ester groups is 2. The number of nitrogens with zero attached hydrogens (tertiary/aromatic N) is 1. The minimum atomic E-state index is -5.44. The molecule has 0 aromatic carbocycles. The Balaban J connectivity index is 1.59. The third-order valence-electron chi connectivity index (χ3n) is 4.82. The van der Waals surface area contributed by atoms with E-state index in [9.17, 15) is 43.2 Å². The average molecular weight is 528 g/mol. The number of ketones is 2. The normalized spacial score (nSPS) is 31.3. The number of ether oxygens (including phenoxy) is 2. The first-order chi connectivity index (χ1) is 15.7. The molecule has 3 rings (SSSR count). The van der Waals surface area contributed by atoms with Crippen LogP contribution in [0.4, 0.5) is 0 Å². The summed E-state index contributed by atoms with van der Waals surface area (Å²) in [7, 11) is -10.8. The van der Waals surface area contributed by atoms with Crippen molar-refractivity contribution in [3.63, 3.8) is 0 Å². The van der Waals surface area contributed by atoms with Crippen LogP contribution in [0.1, 0.15) is 31.6 Å². The molecule has 3 heterocycles. The van der Waals surface area contributed by atoms with E-state index in [0.717, 1.165) is 4.57 Å². The fourth-order valence-corrected chi connectivity index (χ4v) is 5.29. The lowest BCUT2D eigenvalue weighted by Crippen LogP contribution is -2.42. The molecule has 0 aliphatic carbocycles. The quantitative estimate of drug-likeness (QED) is 0.235. The van der Waals surface area contributed by atoms with E-state index in [4.69, 9.17) is 9.47 Å². The highest BCUT2D eigenvalue weighted by atomic mass is 31.3. The van der Waals surface area contributed by atoms with Gasteiger partial charge in [0, 0.05) is 24.6 Å². The molecule has 2 aliphatic heterocycles. The minimum Gasteiger partial charge on any atom is -0.390 e. The highest BCUT2D eigenvalue weighted by Gasteiger charge is 2.45. The van der Waals surface area contributed by atoms with Gasteiger partial charge in [0.25, 0.3) is 11.3 Å². The van der Waals surface area contributed by atoms with E-state index < -0.39 is 75.9 Å². The van der Waals surface area contributed by atoms with Gasteiger partial charge in [0.2, 0.25) is 12.1 Å². The van der Waals surface area contributed by atoms with Crippen LogP contribution in [0.5, 0.6) is 0 Å². The Bertz CT molecular complexity index is 1180. The Kier molecular flexibility index (Phi) is 7.89. The van der Waals surface area contributed by atoms with Gasteiger partial charge in [0.05, 0.1) is 18.8 Å². The van der Waals surface area contributed by atoms with Crippen molar-refractivity contribution >= 4 is 27.2 Å². The fraction of sp³-hybridized carbons (Fsp3) is 0.625. The van der Waals surface area contributed by atoms with Gasteiger partial charge in [-0.3, -0.25) is 28.5 Å². The van der Waals surface area contributed by atoms with Crippen LogP contribution in [0, 0.1) is 6.92 Å². The Morgan fingerprint density at radius 3 is 2.53 bits per heavy atom. The molecule has 2 unspecified atom stereocenters. The first kappa shape index (κ1) is 26.8. The number of carbonyl (C=O) groups excluding carboxylic acids is 2. The predicted octanol–water partition coefficient (Wildman–Crippen LogP) is -0.983. The first-order valence-corrected chi connectivity index (χ1v) is 12.7. The van der Waals surface area contributed by atoms with Gasteiger partial charge in [-0.1, -0.05) is 0 Å². The van der Waals surface area contributed by atoms with Crippen molar-refractivity contribution < 1.29 is 56.4 Å². The van der Waals surface area contributed by atoms with Crippen molar-refractivity contribution in [2.45, 2.75) is 57.5 Å². The third kappa shape index (κ3) is 6.43. The maximum Gasteiger partial charge on any atom is 0.483 e. The van der Waals surface area contributed by atoms with Gasteiger partial charge < -0.3 is 24.4 Å². The van der Waals surface area contributed by atoms with Gasteiger partial charge in [-0.2, -0.15) is 4.31 Å². The van der Waals surface area contributed by atoms with E-state index in [0.29, 0.717) is 0 Å². The average Bonchev–Trinajstić information content (AvgIpc) is 3.06. The summed E-state index contributed by atoms with van der Waals surface area (Å²) < 4.78 is 48.6. The summed E-state index contributed by atoms with van der Waals surface area (Å²) in [5, 5.41) is 10.1. The number of aryl methyl sites for hydroxylation is 1. The lowest BCUT2D eigenvalue weighted by molar-refractivity contribution is -0.177. The van der Waals surface area contributed by atoms with Crippen molar-refractivity contribution in [3.8, 4) is 0 Å². The summed E-state index contributed by atoms with van der Waals surface area (Å²) in [6, 6.07) is 0. The highest BCUT2D eigenvalue weighted by molar-refractivity contribution is 7.61. The highest BCUT2D eigenvalue weighted by Crippen LogP contribution is 2.61. The zero-order chi connectivity index (χ0) is 25.4. The number of phosphoric acid groups is 2. The Morgan fingerprint density at radius 2 is 1.85 bits per heavy atom. The molecule has 7 atom stereocenters. The lowest BCUT2D eigenvalue weighted by atomic mass is 10.1. The van der Waals surface area contributed by atoms with Gasteiger partial charge in [0.1, 0.15) is 12.3 Å². The Labute approximate surface area is 190 Å². The molecule has 2 fully saturated rings. The smallest absolute Gasteiger partial charge is 0.390 e. The van der Waals surface area contributed by atoms with Crippen molar-refractivity contribution in [3.05, 3.63) is 32.6 Å². The summed E-state index contributed by atoms with van der Waals surface area (Å²) in [5.74, 6) is -2.20. The number of Topliss-reactive ketones (excluding diaryl/α,β-unsaturated/α-hetero) is 2. The maximum atomic E-state index is 12.1. The number of rotatable bonds is 8. The summed E-state index contributed by atoms with van der Waals surface area (Å²) in [4.78, 5) is 68.3. The molecule has 18 heteroatoms. The van der Waals surface area contributed by atoms with Crippen molar-refractivity contribution in [1.82, 2.24) is 9.55 Å². The van der Waals surface area contributed by atoms with Crippen molar-refractivity contribution in [1.29, 1.82) is 0 Å². The lowest BCUT2D eigenvalue weighted by Gasteiger charge is -2.26. The van der Waals surface area contributed by atoms with Crippen LogP contribution in [0.2, 0.25) is 0 Å². The zero-order valence-corrected chi connectivity index (χ0v) is 19.5. The molecule has 0 saturated carbocycles. The molecule has 2 saturated heterocycles. The molecule has 0 spiro atoms. The van der Waals surface area contributed by atoms with Crippen LogP contribution in [-0.2, 0) is 41.6 Å². The standard InChI is InChI=1S/C16H22N2O14P2/c1-7-5-18(16(23)17-14(7)22)12-4-9(19)11(30-12)6-28-33(24,25)32-34(26,27)31-15-13(21)10(20)3-8(2)29-15/h5,8-9,11-12,15,19H,3-4,6H2,1-2H3,(H,24,25)(H,26,27)(H,17,22,23)/t8-,9+,11-,12-,15-/m1/s1. The van der Waals surface area contributed by atoms with E-state index in [2.05, 4.69) is 18.3 Å². The zero-order valence-electron chi connectivity index (χ0n) is 17.8. The number of aliphatic hydroxyl groups excluding tert-OH is 1. The number of hydrogen-bond donors (Lipinski definition) is 4. The van der Waals surface area contributed by atoms with E-state index in [1.807, 2.05) is 0 Å². The van der Waals surface area contributed by atoms with Crippen LogP contribution in [0.25, 0.3) is 0 Å². The number of aromatic amines is 1. The van der Waals surface area contributed by atoms with E-state index in [1.54, 1.807) is 0 Å². The Hall–Kier alpha value is -1.84. The van der Waals surface area contributed by atoms with Crippen LogP contribution >= 0.6 is 15.6 Å². The van der Waals surface area contributed by atoms with Crippen LogP contribution in [0.3, 0.4) is 0 Å². The number of carbonyl (C=O) groups is 2. The van der Waals surface area contributed by atoms with E-state index in [1.165, 1.54) is 20.0 Å². The van der Waals surface area contributed by atoms with Gasteiger partial charge in [-0.05, 0) is 13.8 Å². The molecule has 16 nitrogen and oxygen atoms in total. The number of hydrogen-bond acceptors (Lipinski definition) is 12. The molecule has 4 N–H and O–H groups in total. The van der Waals surface area contributed by atoms with Gasteiger partial charge in [-0.15, -0.1) is 0 Å². The second-order valence-electron chi connectivity index (χ2n) is 7.60. The third-order valence-corrected chi connectivity index (χ3v) is 7.40. The van der Waals surface area contributed by atoms with Crippen molar-refractivity contribution in [2.24, 2.45) is 0 Å². The fourth-order valence-electron chi connectivity index (χ4n) is 3.18. The number of nitrogens with one attached hydrogen (secondary N) is 1. The number of aromatic nitrogens is 2. The minimum absolute atomic E-state index is 0.148. The van der Waals surface area contributed by atoms with Gasteiger partial charge >= 0.3 is 21.3 Å². The SMILES string of the molecule is Cc1cn([C@H]2C[C@H](O)[C@@H](COP(=O)(O)OP(=O)(O)O[C@H]3O[C@H](C)CC(=O)C3=O)O2)c(=O)[nH]c1=O. The molecule has 190 valence electrons. The van der Waals surface area contributed by atoms with Gasteiger partial charge in [-0.25, -0.2) is 18.4 Å². The number of H-pyrrole nitrogens is 1. The summed E-state index contributed by atoms with van der Waals surface area (Å²) in [6.07, 6.45) is -5.76. The molecule has 34 heavy (non-hydrogen) atoms. The second kappa shape index (κ2) is 10.0. The molecule has 1 aromatic heterocycles. The molecule has 0 radical (unpaired) electrons. The number of aliphatic hydroxyl groups is 1. The molecule has 0 bridgehead atoms. The van der Waals surface area contributed by atoms with Crippen LogP contribution in [0.15, 0.2) is 15.8 Å². The topological polar surface area (TPSA) is 230 Å².